The molecule has 1 saturated heterocycles. The fourth-order valence-corrected chi connectivity index (χ4v) is 3.58. The van der Waals surface area contributed by atoms with E-state index >= 15 is 0 Å². The van der Waals surface area contributed by atoms with Gasteiger partial charge in [0.2, 0.25) is 0 Å². The molecule has 100 valence electrons. The molecule has 1 fully saturated rings. The van der Waals surface area contributed by atoms with Gasteiger partial charge in [-0.1, -0.05) is 0 Å². The van der Waals surface area contributed by atoms with Gasteiger partial charge < -0.3 is 10.2 Å². The summed E-state index contributed by atoms with van der Waals surface area (Å²) in [5.41, 5.74) is 0. The van der Waals surface area contributed by atoms with Crippen LogP contribution in [0, 0.1) is 0 Å². The van der Waals surface area contributed by atoms with Gasteiger partial charge in [-0.05, 0) is 48.7 Å². The summed E-state index contributed by atoms with van der Waals surface area (Å²) >= 11 is 4.86. The number of carbonyl (C=O) groups is 1. The SMILES string of the molecule is CC(C)N1CCC(NC(=O)c2cc(Br)cs2)CC1. The summed E-state index contributed by atoms with van der Waals surface area (Å²) in [5.74, 6) is 0.0636. The Kier molecular flexibility index (Phi) is 4.81. The van der Waals surface area contributed by atoms with Gasteiger partial charge >= 0.3 is 0 Å². The van der Waals surface area contributed by atoms with Gasteiger partial charge in [0.1, 0.15) is 0 Å². The maximum atomic E-state index is 12.0. The van der Waals surface area contributed by atoms with Gasteiger partial charge in [-0.15, -0.1) is 11.3 Å². The van der Waals surface area contributed by atoms with Crippen LogP contribution in [0.25, 0.3) is 0 Å². The van der Waals surface area contributed by atoms with Crippen LogP contribution in [0.5, 0.6) is 0 Å². The second kappa shape index (κ2) is 6.17. The second-order valence-corrected chi connectivity index (χ2v) is 6.83. The Morgan fingerprint density at radius 1 is 1.50 bits per heavy atom. The molecule has 18 heavy (non-hydrogen) atoms. The Bertz CT molecular complexity index is 411. The summed E-state index contributed by atoms with van der Waals surface area (Å²) in [7, 11) is 0. The zero-order valence-corrected chi connectivity index (χ0v) is 13.2. The Hall–Kier alpha value is -0.390. The van der Waals surface area contributed by atoms with Crippen molar-refractivity contribution in [2.75, 3.05) is 13.1 Å². The van der Waals surface area contributed by atoms with Crippen molar-refractivity contribution in [1.82, 2.24) is 10.2 Å². The van der Waals surface area contributed by atoms with Crippen molar-refractivity contribution in [3.63, 3.8) is 0 Å². The van der Waals surface area contributed by atoms with E-state index in [9.17, 15) is 4.79 Å². The van der Waals surface area contributed by atoms with Crippen LogP contribution in [0.2, 0.25) is 0 Å². The molecule has 1 amide bonds. The zero-order valence-electron chi connectivity index (χ0n) is 10.8. The van der Waals surface area contributed by atoms with Crippen molar-refractivity contribution in [1.29, 1.82) is 0 Å². The standard InChI is InChI=1S/C13H19BrN2OS/c1-9(2)16-5-3-11(4-6-16)15-13(17)12-7-10(14)8-18-12/h7-9,11H,3-6H2,1-2H3,(H,15,17). The summed E-state index contributed by atoms with van der Waals surface area (Å²) in [4.78, 5) is 15.3. The van der Waals surface area contributed by atoms with Gasteiger partial charge in [-0.2, -0.15) is 0 Å². The highest BCUT2D eigenvalue weighted by Crippen LogP contribution is 2.20. The van der Waals surface area contributed by atoms with Gasteiger partial charge in [0, 0.05) is 35.0 Å². The topological polar surface area (TPSA) is 32.3 Å². The monoisotopic (exact) mass is 330 g/mol. The third kappa shape index (κ3) is 3.56. The lowest BCUT2D eigenvalue weighted by atomic mass is 10.0. The quantitative estimate of drug-likeness (QED) is 0.923. The summed E-state index contributed by atoms with van der Waals surface area (Å²) in [6.07, 6.45) is 2.10. The fraction of sp³-hybridized carbons (Fsp3) is 0.615. The van der Waals surface area contributed by atoms with E-state index in [1.165, 1.54) is 11.3 Å². The normalized spacial score (nSPS) is 18.2. The van der Waals surface area contributed by atoms with E-state index < -0.39 is 0 Å². The number of rotatable bonds is 3. The van der Waals surface area contributed by atoms with Crippen LogP contribution in [0.15, 0.2) is 15.9 Å². The minimum atomic E-state index is 0.0636. The molecule has 1 aliphatic rings. The van der Waals surface area contributed by atoms with Crippen molar-refractivity contribution in [2.24, 2.45) is 0 Å². The van der Waals surface area contributed by atoms with E-state index in [0.29, 0.717) is 12.1 Å². The van der Waals surface area contributed by atoms with Crippen LogP contribution in [0.1, 0.15) is 36.4 Å². The van der Waals surface area contributed by atoms with Crippen molar-refractivity contribution in [3.05, 3.63) is 20.8 Å². The average molecular weight is 331 g/mol. The molecule has 1 aliphatic heterocycles. The van der Waals surface area contributed by atoms with Gasteiger partial charge in [-0.25, -0.2) is 0 Å². The number of halogens is 1. The molecular formula is C13H19BrN2OS. The maximum Gasteiger partial charge on any atom is 0.261 e. The van der Waals surface area contributed by atoms with Crippen LogP contribution in [0.4, 0.5) is 0 Å². The molecule has 0 bridgehead atoms. The summed E-state index contributed by atoms with van der Waals surface area (Å²) in [6.45, 7) is 6.61. The lowest BCUT2D eigenvalue weighted by molar-refractivity contribution is 0.0904. The van der Waals surface area contributed by atoms with E-state index in [1.54, 1.807) is 0 Å². The molecule has 3 nitrogen and oxygen atoms in total. The maximum absolute atomic E-state index is 12.0. The van der Waals surface area contributed by atoms with Crippen LogP contribution in [0.3, 0.4) is 0 Å². The molecule has 1 N–H and O–H groups in total. The first-order valence-corrected chi connectivity index (χ1v) is 8.02. The van der Waals surface area contributed by atoms with E-state index in [1.807, 2.05) is 11.4 Å². The molecule has 0 aliphatic carbocycles. The summed E-state index contributed by atoms with van der Waals surface area (Å²) in [5, 5.41) is 5.07. The van der Waals surface area contributed by atoms with Crippen molar-refractivity contribution in [2.45, 2.75) is 38.8 Å². The number of nitrogens with zero attached hydrogens (tertiary/aromatic N) is 1. The predicted molar refractivity (Wildman–Crippen MR) is 79.2 cm³/mol. The van der Waals surface area contributed by atoms with Gasteiger partial charge in [-0.3, -0.25) is 4.79 Å². The highest BCUT2D eigenvalue weighted by atomic mass is 79.9. The zero-order chi connectivity index (χ0) is 13.1. The summed E-state index contributed by atoms with van der Waals surface area (Å²) in [6, 6.07) is 2.81. The number of hydrogen-bond acceptors (Lipinski definition) is 3. The number of likely N-dealkylation sites (tertiary alicyclic amines) is 1. The fourth-order valence-electron chi connectivity index (χ4n) is 2.25. The molecule has 1 aromatic rings. The Balaban J connectivity index is 1.83. The number of amides is 1. The van der Waals surface area contributed by atoms with Crippen molar-refractivity contribution in [3.8, 4) is 0 Å². The van der Waals surface area contributed by atoms with E-state index in [4.69, 9.17) is 0 Å². The van der Waals surface area contributed by atoms with Crippen LogP contribution < -0.4 is 5.32 Å². The molecule has 5 heteroatoms. The smallest absolute Gasteiger partial charge is 0.261 e. The first kappa shape index (κ1) is 14.0. The Labute approximate surface area is 121 Å². The van der Waals surface area contributed by atoms with E-state index in [2.05, 4.69) is 40.0 Å². The van der Waals surface area contributed by atoms with Gasteiger partial charge in [0.25, 0.3) is 5.91 Å². The third-order valence-electron chi connectivity index (χ3n) is 3.39. The molecule has 2 heterocycles. The molecular weight excluding hydrogens is 312 g/mol. The van der Waals surface area contributed by atoms with E-state index in [-0.39, 0.29) is 5.91 Å². The third-order valence-corrected chi connectivity index (χ3v) is 5.08. The van der Waals surface area contributed by atoms with Gasteiger partial charge in [0.15, 0.2) is 0 Å². The minimum absolute atomic E-state index is 0.0636. The molecule has 0 spiro atoms. The lowest BCUT2D eigenvalue weighted by Crippen LogP contribution is -2.46. The Morgan fingerprint density at radius 3 is 2.67 bits per heavy atom. The number of nitrogens with one attached hydrogen (secondary N) is 1. The van der Waals surface area contributed by atoms with E-state index in [0.717, 1.165) is 35.3 Å². The number of carbonyl (C=O) groups excluding carboxylic acids is 1. The highest BCUT2D eigenvalue weighted by molar-refractivity contribution is 9.10. The highest BCUT2D eigenvalue weighted by Gasteiger charge is 2.22. The second-order valence-electron chi connectivity index (χ2n) is 5.01. The van der Waals surface area contributed by atoms with Crippen LogP contribution in [-0.2, 0) is 0 Å². The molecule has 2 rings (SSSR count). The molecule has 1 aromatic heterocycles. The molecule has 0 saturated carbocycles. The molecule has 0 unspecified atom stereocenters. The molecule has 0 radical (unpaired) electrons. The first-order chi connectivity index (χ1) is 8.56. The predicted octanol–water partition coefficient (Wildman–Crippen LogP) is 3.11. The van der Waals surface area contributed by atoms with Crippen molar-refractivity contribution >= 4 is 33.2 Å². The molecule has 0 atom stereocenters. The van der Waals surface area contributed by atoms with Crippen LogP contribution >= 0.6 is 27.3 Å². The van der Waals surface area contributed by atoms with Crippen LogP contribution in [-0.4, -0.2) is 36.0 Å². The number of thiophene rings is 1. The molecule has 0 aromatic carbocycles. The number of piperidine rings is 1. The average Bonchev–Trinajstić information content (AvgIpc) is 2.76. The number of hydrogen-bond donors (Lipinski definition) is 1. The van der Waals surface area contributed by atoms with Crippen molar-refractivity contribution < 1.29 is 4.79 Å². The van der Waals surface area contributed by atoms with Gasteiger partial charge in [0.05, 0.1) is 4.88 Å². The largest absolute Gasteiger partial charge is 0.349 e. The minimum Gasteiger partial charge on any atom is -0.349 e. The summed E-state index contributed by atoms with van der Waals surface area (Å²) < 4.78 is 0.979. The Morgan fingerprint density at radius 2 is 2.17 bits per heavy atom. The first-order valence-electron chi connectivity index (χ1n) is 6.35. The lowest BCUT2D eigenvalue weighted by Gasteiger charge is -2.34.